The Morgan fingerprint density at radius 2 is 1.86 bits per heavy atom. The second-order valence-electron chi connectivity index (χ2n) is 4.40. The topological polar surface area (TPSA) is 46.2 Å². The molecule has 2 rings (SSSR count). The number of amides is 1. The summed E-state index contributed by atoms with van der Waals surface area (Å²) in [6.45, 7) is 0. The van der Waals surface area contributed by atoms with E-state index in [0.29, 0.717) is 6.42 Å². The highest BCUT2D eigenvalue weighted by atomic mass is 16.2. The van der Waals surface area contributed by atoms with E-state index in [1.54, 1.807) is 0 Å². The Balaban J connectivity index is 1.84. The maximum Gasteiger partial charge on any atom is 0.223 e. The zero-order valence-corrected chi connectivity index (χ0v) is 8.42. The molecule has 1 amide bonds. The zero-order valence-electron chi connectivity index (χ0n) is 8.42. The number of carbonyl (C=O) groups excluding carboxylic acids is 2. The van der Waals surface area contributed by atoms with Crippen molar-refractivity contribution in [3.05, 3.63) is 0 Å². The highest BCUT2D eigenvalue weighted by molar-refractivity contribution is 5.91. The molecule has 0 radical (unpaired) electrons. The van der Waals surface area contributed by atoms with Gasteiger partial charge in [-0.1, -0.05) is 12.8 Å². The lowest BCUT2D eigenvalue weighted by molar-refractivity contribution is -0.129. The van der Waals surface area contributed by atoms with Gasteiger partial charge in [-0.15, -0.1) is 0 Å². The molecule has 0 bridgehead atoms. The molecule has 1 atom stereocenters. The Labute approximate surface area is 84.2 Å². The van der Waals surface area contributed by atoms with Gasteiger partial charge in [0.05, 0.1) is 6.04 Å². The summed E-state index contributed by atoms with van der Waals surface area (Å²) in [5.74, 6) is 0.516. The van der Waals surface area contributed by atoms with E-state index >= 15 is 0 Å². The fourth-order valence-electron chi connectivity index (χ4n) is 2.45. The lowest BCUT2D eigenvalue weighted by Crippen LogP contribution is -2.40. The van der Waals surface area contributed by atoms with Crippen molar-refractivity contribution in [1.82, 2.24) is 5.32 Å². The van der Waals surface area contributed by atoms with Crippen LogP contribution in [0.3, 0.4) is 0 Å². The van der Waals surface area contributed by atoms with Crippen molar-refractivity contribution in [1.29, 1.82) is 0 Å². The van der Waals surface area contributed by atoms with Crippen molar-refractivity contribution in [2.24, 2.45) is 5.92 Å². The van der Waals surface area contributed by atoms with Crippen LogP contribution in [-0.4, -0.2) is 17.7 Å². The van der Waals surface area contributed by atoms with E-state index in [1.165, 1.54) is 0 Å². The Morgan fingerprint density at radius 3 is 2.43 bits per heavy atom. The Hall–Kier alpha value is -0.860. The predicted octanol–water partition coefficient (Wildman–Crippen LogP) is 1.41. The Kier molecular flexibility index (Phi) is 2.85. The molecule has 2 fully saturated rings. The molecule has 0 spiro atoms. The smallest absolute Gasteiger partial charge is 0.223 e. The van der Waals surface area contributed by atoms with Gasteiger partial charge in [0.25, 0.3) is 0 Å². The Bertz CT molecular complexity index is 244. The van der Waals surface area contributed by atoms with Crippen LogP contribution in [0.2, 0.25) is 0 Å². The van der Waals surface area contributed by atoms with Gasteiger partial charge >= 0.3 is 0 Å². The van der Waals surface area contributed by atoms with Crippen molar-refractivity contribution in [3.63, 3.8) is 0 Å². The summed E-state index contributed by atoms with van der Waals surface area (Å²) < 4.78 is 0. The first-order valence-electron chi connectivity index (χ1n) is 5.60. The summed E-state index contributed by atoms with van der Waals surface area (Å²) in [4.78, 5) is 23.0. The van der Waals surface area contributed by atoms with Crippen LogP contribution in [0.1, 0.15) is 44.9 Å². The van der Waals surface area contributed by atoms with Gasteiger partial charge in [0, 0.05) is 12.3 Å². The number of hydrogen-bond acceptors (Lipinski definition) is 2. The summed E-state index contributed by atoms with van der Waals surface area (Å²) in [6.07, 6.45) is 6.77. The van der Waals surface area contributed by atoms with Gasteiger partial charge in [0.15, 0.2) is 5.78 Å². The van der Waals surface area contributed by atoms with Crippen molar-refractivity contribution in [2.75, 3.05) is 0 Å². The molecule has 78 valence electrons. The molecule has 0 heterocycles. The molecule has 0 unspecified atom stereocenters. The first kappa shape index (κ1) is 9.69. The second-order valence-corrected chi connectivity index (χ2v) is 4.40. The van der Waals surface area contributed by atoms with Gasteiger partial charge in [-0.25, -0.2) is 0 Å². The third kappa shape index (κ3) is 1.97. The lowest BCUT2D eigenvalue weighted by atomic mass is 10.1. The van der Waals surface area contributed by atoms with Gasteiger partial charge in [0.2, 0.25) is 5.91 Å². The largest absolute Gasteiger partial charge is 0.346 e. The molecule has 3 nitrogen and oxygen atoms in total. The fraction of sp³-hybridized carbons (Fsp3) is 0.818. The predicted molar refractivity (Wildman–Crippen MR) is 52.7 cm³/mol. The minimum Gasteiger partial charge on any atom is -0.346 e. The molecule has 14 heavy (non-hydrogen) atoms. The molecule has 2 saturated carbocycles. The van der Waals surface area contributed by atoms with Crippen molar-refractivity contribution in [2.45, 2.75) is 51.0 Å². The van der Waals surface area contributed by atoms with Crippen LogP contribution in [0.15, 0.2) is 0 Å². The first-order chi connectivity index (χ1) is 6.77. The van der Waals surface area contributed by atoms with E-state index in [1.807, 2.05) is 0 Å². The number of nitrogens with one attached hydrogen (secondary N) is 1. The first-order valence-corrected chi connectivity index (χ1v) is 5.60. The van der Waals surface area contributed by atoms with Crippen LogP contribution in [0, 0.1) is 5.92 Å². The average molecular weight is 195 g/mol. The molecule has 1 N–H and O–H groups in total. The quantitative estimate of drug-likeness (QED) is 0.724. The molecular formula is C11H17NO2. The van der Waals surface area contributed by atoms with Crippen molar-refractivity contribution >= 4 is 11.7 Å². The number of Topliss-reactive ketones (excluding diaryl/α,β-unsaturated/α-hetero) is 1. The van der Waals surface area contributed by atoms with Crippen molar-refractivity contribution < 1.29 is 9.59 Å². The maximum atomic E-state index is 11.7. The highest BCUT2D eigenvalue weighted by Gasteiger charge is 2.29. The van der Waals surface area contributed by atoms with Crippen LogP contribution in [0.5, 0.6) is 0 Å². The summed E-state index contributed by atoms with van der Waals surface area (Å²) >= 11 is 0. The number of hydrogen-bond donors (Lipinski definition) is 1. The van der Waals surface area contributed by atoms with Crippen LogP contribution in [0.25, 0.3) is 0 Å². The number of rotatable bonds is 2. The maximum absolute atomic E-state index is 11.7. The minimum atomic E-state index is -0.164. The second kappa shape index (κ2) is 4.11. The van der Waals surface area contributed by atoms with Gasteiger partial charge in [0.1, 0.15) is 0 Å². The Morgan fingerprint density at radius 1 is 1.14 bits per heavy atom. The SMILES string of the molecule is O=C(N[C@H]1CCCC1=O)C1CCCC1. The molecule has 2 aliphatic carbocycles. The number of carbonyl (C=O) groups is 2. The van der Waals surface area contributed by atoms with Crippen LogP contribution >= 0.6 is 0 Å². The van der Waals surface area contributed by atoms with Gasteiger partial charge in [-0.3, -0.25) is 9.59 Å². The van der Waals surface area contributed by atoms with Crippen LogP contribution in [0.4, 0.5) is 0 Å². The molecule has 2 aliphatic rings. The van der Waals surface area contributed by atoms with E-state index in [-0.39, 0.29) is 23.7 Å². The monoisotopic (exact) mass is 195 g/mol. The van der Waals surface area contributed by atoms with Gasteiger partial charge in [-0.05, 0) is 25.7 Å². The van der Waals surface area contributed by atoms with Gasteiger partial charge < -0.3 is 5.32 Å². The van der Waals surface area contributed by atoms with E-state index in [2.05, 4.69) is 5.32 Å². The fourth-order valence-corrected chi connectivity index (χ4v) is 2.45. The normalized spacial score (nSPS) is 28.3. The molecule has 3 heteroatoms. The standard InChI is InChI=1S/C11H17NO2/c13-10-7-3-6-9(10)12-11(14)8-4-1-2-5-8/h8-9H,1-7H2,(H,12,14)/t9-/m0/s1. The summed E-state index contributed by atoms with van der Waals surface area (Å²) in [5.41, 5.74) is 0. The molecule has 0 saturated heterocycles. The van der Waals surface area contributed by atoms with Crippen LogP contribution in [-0.2, 0) is 9.59 Å². The molecule has 0 aromatic carbocycles. The summed E-state index contributed by atoms with van der Waals surface area (Å²) in [5, 5.41) is 2.88. The molecule has 0 aromatic rings. The third-order valence-corrected chi connectivity index (χ3v) is 3.35. The highest BCUT2D eigenvalue weighted by Crippen LogP contribution is 2.25. The van der Waals surface area contributed by atoms with E-state index in [0.717, 1.165) is 38.5 Å². The van der Waals surface area contributed by atoms with Crippen molar-refractivity contribution in [3.8, 4) is 0 Å². The summed E-state index contributed by atoms with van der Waals surface area (Å²) in [7, 11) is 0. The lowest BCUT2D eigenvalue weighted by Gasteiger charge is -2.14. The van der Waals surface area contributed by atoms with E-state index in [9.17, 15) is 9.59 Å². The minimum absolute atomic E-state index is 0.114. The average Bonchev–Trinajstić information content (AvgIpc) is 2.77. The molecular weight excluding hydrogens is 178 g/mol. The number of ketones is 1. The van der Waals surface area contributed by atoms with E-state index < -0.39 is 0 Å². The van der Waals surface area contributed by atoms with Gasteiger partial charge in [-0.2, -0.15) is 0 Å². The molecule has 0 aromatic heterocycles. The third-order valence-electron chi connectivity index (χ3n) is 3.35. The van der Waals surface area contributed by atoms with E-state index in [4.69, 9.17) is 0 Å². The zero-order chi connectivity index (χ0) is 9.97. The van der Waals surface area contributed by atoms with Crippen LogP contribution < -0.4 is 5.32 Å². The molecule has 0 aliphatic heterocycles. The summed E-state index contributed by atoms with van der Waals surface area (Å²) in [6, 6.07) is -0.164.